The molecule has 15 heavy (non-hydrogen) atoms. The van der Waals surface area contributed by atoms with Crippen molar-refractivity contribution in [2.45, 2.75) is 6.92 Å². The molecule has 1 heterocycles. The molecule has 2 rings (SSSR count). The predicted molar refractivity (Wildman–Crippen MR) is 67.7 cm³/mol. The first-order valence-corrected chi connectivity index (χ1v) is 5.05. The van der Waals surface area contributed by atoms with E-state index in [0.29, 0.717) is 5.82 Å². The number of nitrogens with zero attached hydrogens (tertiary/aromatic N) is 2. The molecule has 0 saturated heterocycles. The first-order valence-electron chi connectivity index (χ1n) is 4.25. The van der Waals surface area contributed by atoms with E-state index >= 15 is 0 Å². The van der Waals surface area contributed by atoms with Crippen molar-refractivity contribution in [2.24, 2.45) is 0 Å². The number of para-hydroxylation sites is 1. The van der Waals surface area contributed by atoms with Crippen LogP contribution in [-0.2, 0) is 0 Å². The van der Waals surface area contributed by atoms with E-state index in [1.165, 1.54) is 0 Å². The number of nitrogen functional groups attached to an aromatic ring is 1. The van der Waals surface area contributed by atoms with Crippen LogP contribution >= 0.6 is 28.3 Å². The molecule has 0 fully saturated rings. The molecule has 0 bridgehead atoms. The topological polar surface area (TPSA) is 43.8 Å². The summed E-state index contributed by atoms with van der Waals surface area (Å²) in [4.78, 5) is 0. The molecule has 0 radical (unpaired) electrons. The highest BCUT2D eigenvalue weighted by Crippen LogP contribution is 2.21. The van der Waals surface area contributed by atoms with Crippen LogP contribution in [-0.4, -0.2) is 9.78 Å². The van der Waals surface area contributed by atoms with Crippen LogP contribution in [0.4, 0.5) is 5.82 Å². The van der Waals surface area contributed by atoms with E-state index < -0.39 is 0 Å². The second kappa shape index (κ2) is 4.68. The molecule has 0 unspecified atom stereocenters. The van der Waals surface area contributed by atoms with Gasteiger partial charge in [0, 0.05) is 16.2 Å². The van der Waals surface area contributed by atoms with Crippen LogP contribution < -0.4 is 5.73 Å². The Hall–Kier alpha value is -1.000. The van der Waals surface area contributed by atoms with Gasteiger partial charge in [0.1, 0.15) is 5.82 Å². The molecule has 0 aliphatic heterocycles. The largest absolute Gasteiger partial charge is 0.382 e. The van der Waals surface area contributed by atoms with Gasteiger partial charge >= 0.3 is 0 Å². The van der Waals surface area contributed by atoms with Gasteiger partial charge in [0.05, 0.1) is 5.69 Å². The summed E-state index contributed by atoms with van der Waals surface area (Å²) in [6.07, 6.45) is 0. The maximum atomic E-state index is 5.62. The number of hydrogen-bond acceptors (Lipinski definition) is 2. The van der Waals surface area contributed by atoms with Crippen molar-refractivity contribution in [1.29, 1.82) is 0 Å². The highest BCUT2D eigenvalue weighted by atomic mass is 79.9. The number of anilines is 1. The third-order valence-electron chi connectivity index (χ3n) is 1.99. The van der Waals surface area contributed by atoms with Gasteiger partial charge < -0.3 is 5.73 Å². The normalized spacial score (nSPS) is 9.73. The van der Waals surface area contributed by atoms with Gasteiger partial charge in [0.2, 0.25) is 0 Å². The SMILES string of the molecule is Cc1cc(N)nn1-c1ccccc1Br.Cl. The van der Waals surface area contributed by atoms with Gasteiger partial charge in [-0.25, -0.2) is 4.68 Å². The first-order chi connectivity index (χ1) is 6.68. The van der Waals surface area contributed by atoms with E-state index in [1.807, 2.05) is 41.9 Å². The highest BCUT2D eigenvalue weighted by Gasteiger charge is 2.06. The molecule has 0 atom stereocenters. The molecule has 5 heteroatoms. The van der Waals surface area contributed by atoms with Gasteiger partial charge in [-0.3, -0.25) is 0 Å². The van der Waals surface area contributed by atoms with E-state index in [-0.39, 0.29) is 12.4 Å². The second-order valence-electron chi connectivity index (χ2n) is 3.07. The summed E-state index contributed by atoms with van der Waals surface area (Å²) in [5, 5.41) is 4.21. The average molecular weight is 289 g/mol. The van der Waals surface area contributed by atoms with Crippen LogP contribution in [0.15, 0.2) is 34.8 Å². The fraction of sp³-hybridized carbons (Fsp3) is 0.100. The quantitative estimate of drug-likeness (QED) is 0.877. The Balaban J connectivity index is 0.00000112. The Morgan fingerprint density at radius 1 is 1.33 bits per heavy atom. The van der Waals surface area contributed by atoms with Crippen LogP contribution in [0.5, 0.6) is 0 Å². The zero-order valence-corrected chi connectivity index (χ0v) is 10.5. The number of halogens is 2. The van der Waals surface area contributed by atoms with Crippen molar-refractivity contribution < 1.29 is 0 Å². The molecule has 0 amide bonds. The van der Waals surface area contributed by atoms with Gasteiger partial charge in [-0.05, 0) is 35.0 Å². The van der Waals surface area contributed by atoms with Crippen LogP contribution in [0.25, 0.3) is 5.69 Å². The summed E-state index contributed by atoms with van der Waals surface area (Å²) < 4.78 is 2.82. The Morgan fingerprint density at radius 2 is 2.00 bits per heavy atom. The number of aryl methyl sites for hydroxylation is 1. The minimum absolute atomic E-state index is 0. The van der Waals surface area contributed by atoms with Crippen LogP contribution in [0.2, 0.25) is 0 Å². The lowest BCUT2D eigenvalue weighted by Gasteiger charge is -2.05. The van der Waals surface area contributed by atoms with Gasteiger partial charge in [0.15, 0.2) is 0 Å². The molecule has 1 aromatic carbocycles. The van der Waals surface area contributed by atoms with E-state index in [2.05, 4.69) is 21.0 Å². The molecule has 80 valence electrons. The lowest BCUT2D eigenvalue weighted by molar-refractivity contribution is 0.847. The van der Waals surface area contributed by atoms with Gasteiger partial charge in [-0.15, -0.1) is 12.4 Å². The Morgan fingerprint density at radius 3 is 2.53 bits per heavy atom. The smallest absolute Gasteiger partial charge is 0.146 e. The maximum absolute atomic E-state index is 5.62. The van der Waals surface area contributed by atoms with Gasteiger partial charge in [-0.1, -0.05) is 12.1 Å². The van der Waals surface area contributed by atoms with Crippen LogP contribution in [0.3, 0.4) is 0 Å². The fourth-order valence-electron chi connectivity index (χ4n) is 1.37. The molecular weight excluding hydrogens is 277 g/mol. The van der Waals surface area contributed by atoms with E-state index in [0.717, 1.165) is 15.9 Å². The Kier molecular flexibility index (Phi) is 3.77. The first kappa shape index (κ1) is 12.1. The van der Waals surface area contributed by atoms with Crippen molar-refractivity contribution >= 4 is 34.2 Å². The van der Waals surface area contributed by atoms with Crippen molar-refractivity contribution in [1.82, 2.24) is 9.78 Å². The molecule has 0 aliphatic carbocycles. The van der Waals surface area contributed by atoms with E-state index in [4.69, 9.17) is 5.73 Å². The van der Waals surface area contributed by atoms with E-state index in [9.17, 15) is 0 Å². The highest BCUT2D eigenvalue weighted by molar-refractivity contribution is 9.10. The molecule has 2 aromatic rings. The van der Waals surface area contributed by atoms with Crippen LogP contribution in [0.1, 0.15) is 5.69 Å². The molecule has 3 nitrogen and oxygen atoms in total. The summed E-state index contributed by atoms with van der Waals surface area (Å²) in [6, 6.07) is 9.75. The summed E-state index contributed by atoms with van der Waals surface area (Å²) in [5.41, 5.74) is 7.64. The standard InChI is InChI=1S/C10H10BrN3.ClH/c1-7-6-10(12)13-14(7)9-5-3-2-4-8(9)11;/h2-6H,1H3,(H2,12,13);1H. The molecular formula is C10H11BrClN3. The monoisotopic (exact) mass is 287 g/mol. The van der Waals surface area contributed by atoms with Crippen LogP contribution in [0, 0.1) is 6.92 Å². The predicted octanol–water partition coefficient (Wildman–Crippen LogP) is 2.95. The summed E-state index contributed by atoms with van der Waals surface area (Å²) in [5.74, 6) is 0.540. The zero-order chi connectivity index (χ0) is 10.1. The Bertz CT molecular complexity index is 467. The zero-order valence-electron chi connectivity index (χ0n) is 8.14. The lowest BCUT2D eigenvalue weighted by Crippen LogP contribution is -2.00. The van der Waals surface area contributed by atoms with Crippen molar-refractivity contribution in [2.75, 3.05) is 5.73 Å². The van der Waals surface area contributed by atoms with Crippen molar-refractivity contribution in [3.63, 3.8) is 0 Å². The fourth-order valence-corrected chi connectivity index (χ4v) is 1.82. The molecule has 0 aliphatic rings. The van der Waals surface area contributed by atoms with Crippen molar-refractivity contribution in [3.05, 3.63) is 40.5 Å². The average Bonchev–Trinajstić information content (AvgIpc) is 2.46. The molecule has 0 spiro atoms. The number of nitrogens with two attached hydrogens (primary N) is 1. The van der Waals surface area contributed by atoms with Gasteiger partial charge in [0.25, 0.3) is 0 Å². The Labute approximate surface area is 103 Å². The minimum atomic E-state index is 0. The lowest BCUT2D eigenvalue weighted by atomic mass is 10.3. The number of aromatic nitrogens is 2. The van der Waals surface area contributed by atoms with E-state index in [1.54, 1.807) is 0 Å². The summed E-state index contributed by atoms with van der Waals surface area (Å²) in [6.45, 7) is 1.98. The van der Waals surface area contributed by atoms with Crippen molar-refractivity contribution in [3.8, 4) is 5.69 Å². The molecule has 1 aromatic heterocycles. The summed E-state index contributed by atoms with van der Waals surface area (Å²) in [7, 11) is 0. The number of hydrogen-bond donors (Lipinski definition) is 1. The third-order valence-corrected chi connectivity index (χ3v) is 2.66. The second-order valence-corrected chi connectivity index (χ2v) is 3.93. The summed E-state index contributed by atoms with van der Waals surface area (Å²) >= 11 is 3.47. The molecule has 0 saturated carbocycles. The van der Waals surface area contributed by atoms with Gasteiger partial charge in [-0.2, -0.15) is 5.10 Å². The maximum Gasteiger partial charge on any atom is 0.146 e. The third kappa shape index (κ3) is 2.33. The number of benzene rings is 1. The number of rotatable bonds is 1. The molecule has 2 N–H and O–H groups in total. The minimum Gasteiger partial charge on any atom is -0.382 e.